The predicted molar refractivity (Wildman–Crippen MR) is 78.6 cm³/mol. The molecular formula is C14H24N2O2S. The Balaban J connectivity index is 2.98. The van der Waals surface area contributed by atoms with E-state index in [0.29, 0.717) is 11.4 Å². The number of sulfonamides is 1. The van der Waals surface area contributed by atoms with Gasteiger partial charge in [-0.2, -0.15) is 0 Å². The number of hydrogen-bond donors (Lipinski definition) is 2. The maximum absolute atomic E-state index is 12.3. The molecule has 0 aromatic heterocycles. The van der Waals surface area contributed by atoms with Crippen LogP contribution < -0.4 is 10.0 Å². The summed E-state index contributed by atoms with van der Waals surface area (Å²) in [5.74, 6) is 0. The van der Waals surface area contributed by atoms with Crippen LogP contribution in [0.2, 0.25) is 0 Å². The highest BCUT2D eigenvalue weighted by atomic mass is 32.2. The molecule has 0 saturated heterocycles. The van der Waals surface area contributed by atoms with E-state index in [2.05, 4.69) is 10.0 Å². The highest BCUT2D eigenvalue weighted by Crippen LogP contribution is 2.16. The summed E-state index contributed by atoms with van der Waals surface area (Å²) >= 11 is 0. The zero-order chi connectivity index (χ0) is 14.5. The molecule has 0 fully saturated rings. The molecule has 1 aromatic rings. The van der Waals surface area contributed by atoms with Crippen molar-refractivity contribution in [3.8, 4) is 0 Å². The van der Waals surface area contributed by atoms with Gasteiger partial charge in [0.25, 0.3) is 0 Å². The fraction of sp³-hybridized carbons (Fsp3) is 0.571. The first-order valence-electron chi connectivity index (χ1n) is 6.67. The van der Waals surface area contributed by atoms with E-state index >= 15 is 0 Å². The van der Waals surface area contributed by atoms with Crippen LogP contribution in [-0.2, 0) is 16.6 Å². The smallest absolute Gasteiger partial charge is 0.240 e. The minimum absolute atomic E-state index is 0.0379. The Morgan fingerprint density at radius 3 is 2.58 bits per heavy atom. The van der Waals surface area contributed by atoms with Gasteiger partial charge in [0.1, 0.15) is 0 Å². The number of nitrogens with one attached hydrogen (secondary N) is 2. The van der Waals surface area contributed by atoms with Crippen molar-refractivity contribution in [2.75, 3.05) is 7.05 Å². The number of rotatable bonds is 7. The third-order valence-corrected chi connectivity index (χ3v) is 4.66. The average Bonchev–Trinajstić information content (AvgIpc) is 2.31. The number of benzene rings is 1. The van der Waals surface area contributed by atoms with Gasteiger partial charge in [0.2, 0.25) is 10.0 Å². The molecule has 0 amide bonds. The van der Waals surface area contributed by atoms with E-state index in [1.807, 2.05) is 33.9 Å². The van der Waals surface area contributed by atoms with Crippen LogP contribution >= 0.6 is 0 Å². The molecule has 4 nitrogen and oxygen atoms in total. The van der Waals surface area contributed by atoms with E-state index in [0.717, 1.165) is 24.0 Å². The standard InChI is InChI=1S/C14H24N2O2S/c1-5-6-12(3)16-19(17,18)14-8-7-11(2)13(9-14)10-15-4/h7-9,12,15-16H,5-6,10H2,1-4H3. The quantitative estimate of drug-likeness (QED) is 0.807. The molecule has 0 bridgehead atoms. The van der Waals surface area contributed by atoms with Crippen molar-refractivity contribution in [2.45, 2.75) is 51.1 Å². The maximum atomic E-state index is 12.3. The summed E-state index contributed by atoms with van der Waals surface area (Å²) < 4.78 is 27.2. The van der Waals surface area contributed by atoms with Crippen molar-refractivity contribution in [3.05, 3.63) is 29.3 Å². The average molecular weight is 284 g/mol. The molecule has 0 heterocycles. The minimum Gasteiger partial charge on any atom is -0.316 e. The summed E-state index contributed by atoms with van der Waals surface area (Å²) in [5, 5.41) is 3.05. The monoisotopic (exact) mass is 284 g/mol. The van der Waals surface area contributed by atoms with Gasteiger partial charge in [-0.3, -0.25) is 0 Å². The van der Waals surface area contributed by atoms with Gasteiger partial charge < -0.3 is 5.32 Å². The summed E-state index contributed by atoms with van der Waals surface area (Å²) in [6.45, 7) is 6.58. The molecule has 0 aliphatic heterocycles. The second-order valence-electron chi connectivity index (χ2n) is 4.93. The predicted octanol–water partition coefficient (Wildman–Crippen LogP) is 2.18. The first-order chi connectivity index (χ1) is 8.90. The van der Waals surface area contributed by atoms with Crippen LogP contribution in [0.4, 0.5) is 0 Å². The summed E-state index contributed by atoms with van der Waals surface area (Å²) in [5.41, 5.74) is 2.10. The third kappa shape index (κ3) is 4.60. The topological polar surface area (TPSA) is 58.2 Å². The number of aryl methyl sites for hydroxylation is 1. The van der Waals surface area contributed by atoms with Crippen molar-refractivity contribution < 1.29 is 8.42 Å². The Bertz CT molecular complexity index is 512. The molecule has 2 N–H and O–H groups in total. The molecule has 0 radical (unpaired) electrons. The fourth-order valence-electron chi connectivity index (χ4n) is 2.02. The first-order valence-corrected chi connectivity index (χ1v) is 8.15. The maximum Gasteiger partial charge on any atom is 0.240 e. The van der Waals surface area contributed by atoms with E-state index in [-0.39, 0.29) is 6.04 Å². The summed E-state index contributed by atoms with van der Waals surface area (Å²) in [4.78, 5) is 0.339. The van der Waals surface area contributed by atoms with Gasteiger partial charge in [-0.15, -0.1) is 0 Å². The van der Waals surface area contributed by atoms with Crippen molar-refractivity contribution in [3.63, 3.8) is 0 Å². The van der Waals surface area contributed by atoms with E-state index in [4.69, 9.17) is 0 Å². The highest BCUT2D eigenvalue weighted by Gasteiger charge is 2.17. The van der Waals surface area contributed by atoms with Crippen LogP contribution in [0, 0.1) is 6.92 Å². The largest absolute Gasteiger partial charge is 0.316 e. The molecule has 1 aromatic carbocycles. The van der Waals surface area contributed by atoms with Crippen molar-refractivity contribution in [1.82, 2.24) is 10.0 Å². The van der Waals surface area contributed by atoms with Gasteiger partial charge in [0, 0.05) is 12.6 Å². The van der Waals surface area contributed by atoms with Gasteiger partial charge in [-0.25, -0.2) is 13.1 Å². The zero-order valence-corrected chi connectivity index (χ0v) is 13.0. The molecular weight excluding hydrogens is 260 g/mol. The molecule has 0 aliphatic carbocycles. The lowest BCUT2D eigenvalue weighted by atomic mass is 10.1. The van der Waals surface area contributed by atoms with Crippen molar-refractivity contribution >= 4 is 10.0 Å². The molecule has 0 aliphatic rings. The Morgan fingerprint density at radius 2 is 2.00 bits per heavy atom. The first kappa shape index (κ1) is 16.1. The van der Waals surface area contributed by atoms with Crippen molar-refractivity contribution in [1.29, 1.82) is 0 Å². The molecule has 1 atom stereocenters. The lowest BCUT2D eigenvalue weighted by Crippen LogP contribution is -2.32. The summed E-state index contributed by atoms with van der Waals surface area (Å²) in [6, 6.07) is 5.22. The van der Waals surface area contributed by atoms with E-state index in [1.165, 1.54) is 0 Å². The Hall–Kier alpha value is -0.910. The fourth-order valence-corrected chi connectivity index (χ4v) is 3.35. The Labute approximate surface area is 116 Å². The zero-order valence-electron chi connectivity index (χ0n) is 12.2. The minimum atomic E-state index is -3.42. The van der Waals surface area contributed by atoms with Crippen LogP contribution in [0.25, 0.3) is 0 Å². The molecule has 19 heavy (non-hydrogen) atoms. The lowest BCUT2D eigenvalue weighted by molar-refractivity contribution is 0.543. The third-order valence-electron chi connectivity index (χ3n) is 3.08. The Kier molecular flexibility index (Phi) is 5.97. The van der Waals surface area contributed by atoms with Crippen LogP contribution in [-0.4, -0.2) is 21.5 Å². The molecule has 1 unspecified atom stereocenters. The summed E-state index contributed by atoms with van der Waals surface area (Å²) in [6.07, 6.45) is 1.80. The van der Waals surface area contributed by atoms with E-state index in [1.54, 1.807) is 12.1 Å². The molecule has 0 spiro atoms. The SMILES string of the molecule is CCCC(C)NS(=O)(=O)c1ccc(C)c(CNC)c1. The molecule has 108 valence electrons. The second-order valence-corrected chi connectivity index (χ2v) is 6.64. The van der Waals surface area contributed by atoms with E-state index in [9.17, 15) is 8.42 Å². The van der Waals surface area contributed by atoms with Crippen LogP contribution in [0.3, 0.4) is 0 Å². The normalized spacial score (nSPS) is 13.5. The Morgan fingerprint density at radius 1 is 1.32 bits per heavy atom. The summed E-state index contributed by atoms with van der Waals surface area (Å²) in [7, 11) is -1.57. The van der Waals surface area contributed by atoms with Gasteiger partial charge in [0.15, 0.2) is 0 Å². The van der Waals surface area contributed by atoms with Crippen LogP contribution in [0.15, 0.2) is 23.1 Å². The molecule has 5 heteroatoms. The second kappa shape index (κ2) is 7.03. The van der Waals surface area contributed by atoms with Gasteiger partial charge in [-0.05, 0) is 50.6 Å². The van der Waals surface area contributed by atoms with Gasteiger partial charge in [-0.1, -0.05) is 19.4 Å². The lowest BCUT2D eigenvalue weighted by Gasteiger charge is -2.14. The van der Waals surface area contributed by atoms with Crippen LogP contribution in [0.5, 0.6) is 0 Å². The molecule has 1 rings (SSSR count). The molecule has 0 saturated carbocycles. The van der Waals surface area contributed by atoms with Crippen molar-refractivity contribution in [2.24, 2.45) is 0 Å². The highest BCUT2D eigenvalue weighted by molar-refractivity contribution is 7.89. The van der Waals surface area contributed by atoms with Gasteiger partial charge >= 0.3 is 0 Å². The van der Waals surface area contributed by atoms with E-state index < -0.39 is 10.0 Å². The van der Waals surface area contributed by atoms with Gasteiger partial charge in [0.05, 0.1) is 4.90 Å². The number of hydrogen-bond acceptors (Lipinski definition) is 3. The van der Waals surface area contributed by atoms with Crippen LogP contribution in [0.1, 0.15) is 37.8 Å².